The van der Waals surface area contributed by atoms with E-state index in [0.29, 0.717) is 26.4 Å². The van der Waals surface area contributed by atoms with Crippen molar-refractivity contribution in [3.05, 3.63) is 23.8 Å². The zero-order valence-corrected chi connectivity index (χ0v) is 15.5. The van der Waals surface area contributed by atoms with Crippen molar-refractivity contribution >= 4 is 18.3 Å². The number of carbonyl (C=O) groups is 1. The summed E-state index contributed by atoms with van der Waals surface area (Å²) in [7, 11) is 1.65. The Kier molecular flexibility index (Phi) is 7.35. The molecule has 0 saturated carbocycles. The summed E-state index contributed by atoms with van der Waals surface area (Å²) >= 11 is 0. The number of methoxy groups -OCH3 is 1. The molecule has 0 aliphatic carbocycles. The smallest absolute Gasteiger partial charge is 0.228 e. The van der Waals surface area contributed by atoms with Crippen LogP contribution in [0.25, 0.3) is 0 Å². The lowest BCUT2D eigenvalue weighted by Crippen LogP contribution is -2.49. The molecule has 0 bridgehead atoms. The van der Waals surface area contributed by atoms with Crippen molar-refractivity contribution in [3.8, 4) is 11.5 Å². The van der Waals surface area contributed by atoms with Crippen LogP contribution in [0.2, 0.25) is 0 Å². The monoisotopic (exact) mass is 370 g/mol. The number of fused-ring (bicyclic) bond motifs is 1. The third-order valence-electron chi connectivity index (χ3n) is 4.73. The fourth-order valence-corrected chi connectivity index (χ4v) is 3.31. The zero-order chi connectivity index (χ0) is 16.8. The SMILES string of the molecule is COCC1(C(=O)NCc2ccc3c(c2)OCCCO3)CCNCC1.Cl. The molecule has 0 aromatic heterocycles. The van der Waals surface area contributed by atoms with Gasteiger partial charge in [-0.2, -0.15) is 0 Å². The second-order valence-electron chi connectivity index (χ2n) is 6.48. The van der Waals surface area contributed by atoms with Crippen molar-refractivity contribution in [2.75, 3.05) is 40.0 Å². The molecule has 2 N–H and O–H groups in total. The minimum atomic E-state index is -0.425. The van der Waals surface area contributed by atoms with Crippen LogP contribution in [0.4, 0.5) is 0 Å². The van der Waals surface area contributed by atoms with E-state index in [1.54, 1.807) is 7.11 Å². The van der Waals surface area contributed by atoms with Crippen molar-refractivity contribution in [3.63, 3.8) is 0 Å². The van der Waals surface area contributed by atoms with Gasteiger partial charge in [0, 0.05) is 20.1 Å². The molecule has 1 aromatic carbocycles. The van der Waals surface area contributed by atoms with Gasteiger partial charge in [0.1, 0.15) is 0 Å². The second-order valence-corrected chi connectivity index (χ2v) is 6.48. The number of piperidine rings is 1. The predicted molar refractivity (Wildman–Crippen MR) is 97.6 cm³/mol. The summed E-state index contributed by atoms with van der Waals surface area (Å²) in [6.07, 6.45) is 2.48. The van der Waals surface area contributed by atoms with Crippen LogP contribution in [0.3, 0.4) is 0 Å². The summed E-state index contributed by atoms with van der Waals surface area (Å²) in [6.45, 7) is 3.97. The van der Waals surface area contributed by atoms with Gasteiger partial charge in [0.25, 0.3) is 0 Å². The first-order chi connectivity index (χ1) is 11.7. The highest BCUT2D eigenvalue weighted by atomic mass is 35.5. The molecule has 1 saturated heterocycles. The van der Waals surface area contributed by atoms with Gasteiger partial charge in [0.05, 0.1) is 25.2 Å². The van der Waals surface area contributed by atoms with Crippen molar-refractivity contribution < 1.29 is 19.0 Å². The molecule has 2 aliphatic heterocycles. The first kappa shape index (κ1) is 19.8. The van der Waals surface area contributed by atoms with E-state index in [0.717, 1.165) is 49.4 Å². The molecule has 2 aliphatic rings. The quantitative estimate of drug-likeness (QED) is 0.828. The molecule has 1 fully saturated rings. The van der Waals surface area contributed by atoms with Crippen LogP contribution in [-0.2, 0) is 16.1 Å². The van der Waals surface area contributed by atoms with Gasteiger partial charge in [-0.3, -0.25) is 4.79 Å². The van der Waals surface area contributed by atoms with Gasteiger partial charge in [-0.25, -0.2) is 0 Å². The van der Waals surface area contributed by atoms with Gasteiger partial charge in [0.2, 0.25) is 5.91 Å². The Labute approximate surface area is 155 Å². The third kappa shape index (κ3) is 4.77. The highest BCUT2D eigenvalue weighted by Crippen LogP contribution is 2.31. The summed E-state index contributed by atoms with van der Waals surface area (Å²) in [6, 6.07) is 5.84. The van der Waals surface area contributed by atoms with E-state index in [1.165, 1.54) is 0 Å². The van der Waals surface area contributed by atoms with E-state index in [-0.39, 0.29) is 18.3 Å². The summed E-state index contributed by atoms with van der Waals surface area (Å²) in [4.78, 5) is 12.8. The summed E-state index contributed by atoms with van der Waals surface area (Å²) < 4.78 is 16.7. The molecule has 7 heteroatoms. The largest absolute Gasteiger partial charge is 0.490 e. The number of benzene rings is 1. The Bertz CT molecular complexity index is 571. The molecule has 0 unspecified atom stereocenters. The van der Waals surface area contributed by atoms with E-state index >= 15 is 0 Å². The van der Waals surface area contributed by atoms with E-state index in [9.17, 15) is 4.79 Å². The van der Waals surface area contributed by atoms with Gasteiger partial charge in [-0.15, -0.1) is 12.4 Å². The van der Waals surface area contributed by atoms with Gasteiger partial charge in [-0.05, 0) is 43.6 Å². The van der Waals surface area contributed by atoms with Crippen molar-refractivity contribution in [1.29, 1.82) is 0 Å². The molecule has 25 heavy (non-hydrogen) atoms. The summed E-state index contributed by atoms with van der Waals surface area (Å²) in [5, 5.41) is 6.37. The Morgan fingerprint density at radius 1 is 1.24 bits per heavy atom. The fraction of sp³-hybridized carbons (Fsp3) is 0.611. The lowest BCUT2D eigenvalue weighted by molar-refractivity contribution is -0.136. The Morgan fingerprint density at radius 3 is 2.68 bits per heavy atom. The van der Waals surface area contributed by atoms with Crippen LogP contribution in [-0.4, -0.2) is 45.9 Å². The van der Waals surface area contributed by atoms with Crippen LogP contribution in [0.15, 0.2) is 18.2 Å². The third-order valence-corrected chi connectivity index (χ3v) is 4.73. The van der Waals surface area contributed by atoms with Gasteiger partial charge < -0.3 is 24.8 Å². The zero-order valence-electron chi connectivity index (χ0n) is 14.6. The van der Waals surface area contributed by atoms with Crippen LogP contribution >= 0.6 is 12.4 Å². The molecule has 1 amide bonds. The molecular formula is C18H27ClN2O4. The molecule has 2 heterocycles. The topological polar surface area (TPSA) is 68.8 Å². The van der Waals surface area contributed by atoms with E-state index in [1.807, 2.05) is 18.2 Å². The maximum atomic E-state index is 12.8. The van der Waals surface area contributed by atoms with E-state index in [4.69, 9.17) is 14.2 Å². The number of amides is 1. The van der Waals surface area contributed by atoms with E-state index in [2.05, 4.69) is 10.6 Å². The standard InChI is InChI=1S/C18H26N2O4.ClH/c1-22-13-18(5-7-19-8-6-18)17(21)20-12-14-3-4-15-16(11-14)24-10-2-9-23-15;/h3-4,11,19H,2,5-10,12-13H2,1H3,(H,20,21);1H. The number of halogens is 1. The predicted octanol–water partition coefficient (Wildman–Crippen LogP) is 1.90. The van der Waals surface area contributed by atoms with Crippen LogP contribution in [0.1, 0.15) is 24.8 Å². The maximum absolute atomic E-state index is 12.8. The molecule has 6 nitrogen and oxygen atoms in total. The number of nitrogens with one attached hydrogen (secondary N) is 2. The molecule has 3 rings (SSSR count). The van der Waals surface area contributed by atoms with Crippen LogP contribution in [0.5, 0.6) is 11.5 Å². The second kappa shape index (κ2) is 9.27. The maximum Gasteiger partial charge on any atom is 0.228 e. The lowest BCUT2D eigenvalue weighted by atomic mass is 9.78. The van der Waals surface area contributed by atoms with Crippen LogP contribution in [0, 0.1) is 5.41 Å². The highest BCUT2D eigenvalue weighted by Gasteiger charge is 2.39. The minimum absolute atomic E-state index is 0. The van der Waals surface area contributed by atoms with Crippen molar-refractivity contribution in [1.82, 2.24) is 10.6 Å². The first-order valence-electron chi connectivity index (χ1n) is 8.60. The molecule has 0 spiro atoms. The fourth-order valence-electron chi connectivity index (χ4n) is 3.31. The summed E-state index contributed by atoms with van der Waals surface area (Å²) in [5.41, 5.74) is 0.583. The van der Waals surface area contributed by atoms with Crippen molar-refractivity contribution in [2.24, 2.45) is 5.41 Å². The number of ether oxygens (including phenoxy) is 3. The molecular weight excluding hydrogens is 344 g/mol. The minimum Gasteiger partial charge on any atom is -0.490 e. The van der Waals surface area contributed by atoms with Gasteiger partial charge >= 0.3 is 0 Å². The average Bonchev–Trinajstić information content (AvgIpc) is 2.85. The molecule has 1 aromatic rings. The highest BCUT2D eigenvalue weighted by molar-refractivity contribution is 5.85. The number of hydrogen-bond acceptors (Lipinski definition) is 5. The number of rotatable bonds is 5. The normalized spacial score (nSPS) is 18.6. The summed E-state index contributed by atoms with van der Waals surface area (Å²) in [5.74, 6) is 1.60. The Hall–Kier alpha value is -1.50. The number of carbonyl (C=O) groups excluding carboxylic acids is 1. The van der Waals surface area contributed by atoms with E-state index < -0.39 is 5.41 Å². The van der Waals surface area contributed by atoms with Crippen molar-refractivity contribution in [2.45, 2.75) is 25.8 Å². The Morgan fingerprint density at radius 2 is 1.96 bits per heavy atom. The molecule has 0 radical (unpaired) electrons. The number of hydrogen-bond donors (Lipinski definition) is 2. The molecule has 140 valence electrons. The van der Waals surface area contributed by atoms with Crippen LogP contribution < -0.4 is 20.1 Å². The average molecular weight is 371 g/mol. The lowest BCUT2D eigenvalue weighted by Gasteiger charge is -2.35. The van der Waals surface area contributed by atoms with Gasteiger partial charge in [-0.1, -0.05) is 6.07 Å². The Balaban J connectivity index is 0.00000225. The van der Waals surface area contributed by atoms with Gasteiger partial charge in [0.15, 0.2) is 11.5 Å². The molecule has 0 atom stereocenters. The first-order valence-corrected chi connectivity index (χ1v) is 8.60.